The van der Waals surface area contributed by atoms with Crippen molar-refractivity contribution in [3.05, 3.63) is 93.5 Å². The number of carbonyl (C=O) groups is 2. The first-order valence-corrected chi connectivity index (χ1v) is 9.30. The predicted octanol–water partition coefficient (Wildman–Crippen LogP) is 3.31. The second-order valence-corrected chi connectivity index (χ2v) is 6.48. The highest BCUT2D eigenvalue weighted by Crippen LogP contribution is 2.34. The molecule has 1 aliphatic heterocycles. The fourth-order valence-corrected chi connectivity index (χ4v) is 2.89. The molecule has 10 nitrogen and oxygen atoms in total. The third-order valence-electron chi connectivity index (χ3n) is 4.43. The van der Waals surface area contributed by atoms with Crippen LogP contribution >= 0.6 is 0 Å². The minimum atomic E-state index is -0.833. The molecule has 0 aromatic heterocycles. The number of nitro benzene ring substituents is 1. The van der Waals surface area contributed by atoms with E-state index >= 15 is 0 Å². The molecule has 1 heterocycles. The van der Waals surface area contributed by atoms with Crippen molar-refractivity contribution in [2.24, 2.45) is 5.10 Å². The lowest BCUT2D eigenvalue weighted by Gasteiger charge is -2.08. The van der Waals surface area contributed by atoms with Gasteiger partial charge in [0.05, 0.1) is 16.7 Å². The molecular weight excluding hydrogens is 418 g/mol. The zero-order valence-electron chi connectivity index (χ0n) is 16.4. The Labute approximate surface area is 181 Å². The number of nitrogens with one attached hydrogen (secondary N) is 1. The first-order valence-electron chi connectivity index (χ1n) is 9.30. The Morgan fingerprint density at radius 3 is 2.56 bits per heavy atom. The summed E-state index contributed by atoms with van der Waals surface area (Å²) in [6.45, 7) is 0.0350. The monoisotopic (exact) mass is 433 g/mol. The third kappa shape index (κ3) is 4.38. The van der Waals surface area contributed by atoms with Crippen molar-refractivity contribution in [3.8, 4) is 17.2 Å². The molecule has 0 unspecified atom stereocenters. The number of para-hydroxylation sites is 1. The lowest BCUT2D eigenvalue weighted by Crippen LogP contribution is -2.17. The highest BCUT2D eigenvalue weighted by molar-refractivity contribution is 5.96. The van der Waals surface area contributed by atoms with Gasteiger partial charge in [-0.05, 0) is 36.4 Å². The number of nitrogens with zero attached hydrogens (tertiary/aromatic N) is 2. The maximum Gasteiger partial charge on any atom is 0.343 e. The summed E-state index contributed by atoms with van der Waals surface area (Å²) in [4.78, 5) is 35.6. The lowest BCUT2D eigenvalue weighted by molar-refractivity contribution is -0.385. The van der Waals surface area contributed by atoms with Gasteiger partial charge in [0.1, 0.15) is 0 Å². The molecule has 1 N–H and O–H groups in total. The average molecular weight is 433 g/mol. The highest BCUT2D eigenvalue weighted by atomic mass is 16.7. The van der Waals surface area contributed by atoms with E-state index in [0.717, 1.165) is 6.21 Å². The summed E-state index contributed by atoms with van der Waals surface area (Å²) in [7, 11) is 0. The van der Waals surface area contributed by atoms with Crippen LogP contribution in [0.5, 0.6) is 17.2 Å². The van der Waals surface area contributed by atoms with Crippen LogP contribution in [0.3, 0.4) is 0 Å². The highest BCUT2D eigenvalue weighted by Gasteiger charge is 2.24. The van der Waals surface area contributed by atoms with Crippen LogP contribution < -0.4 is 19.6 Å². The van der Waals surface area contributed by atoms with Gasteiger partial charge in [0, 0.05) is 17.2 Å². The van der Waals surface area contributed by atoms with Gasteiger partial charge in [0.2, 0.25) is 12.5 Å². The maximum atomic E-state index is 12.7. The van der Waals surface area contributed by atoms with Gasteiger partial charge in [-0.3, -0.25) is 14.9 Å². The van der Waals surface area contributed by atoms with Gasteiger partial charge in [-0.15, -0.1) is 0 Å². The van der Waals surface area contributed by atoms with Gasteiger partial charge in [-0.25, -0.2) is 10.2 Å². The van der Waals surface area contributed by atoms with E-state index in [1.54, 1.807) is 36.4 Å². The van der Waals surface area contributed by atoms with Crippen LogP contribution in [-0.4, -0.2) is 29.8 Å². The van der Waals surface area contributed by atoms with E-state index in [-0.39, 0.29) is 23.7 Å². The first kappa shape index (κ1) is 20.5. The van der Waals surface area contributed by atoms with Gasteiger partial charge in [0.15, 0.2) is 11.5 Å². The van der Waals surface area contributed by atoms with Crippen molar-refractivity contribution in [2.45, 2.75) is 0 Å². The Balaban J connectivity index is 1.57. The van der Waals surface area contributed by atoms with Crippen LogP contribution in [0.4, 0.5) is 5.69 Å². The summed E-state index contributed by atoms with van der Waals surface area (Å²) in [5.41, 5.74) is 2.53. The Morgan fingerprint density at radius 2 is 1.78 bits per heavy atom. The fraction of sp³-hybridized carbons (Fsp3) is 0.0455. The molecule has 0 bridgehead atoms. The SMILES string of the molecule is O=C(NN=Cc1cccc([N+](=O)[O-])c1OC(=O)c1ccc2c(c1)OCO2)c1ccccc1. The minimum Gasteiger partial charge on any atom is -0.454 e. The number of benzene rings is 3. The lowest BCUT2D eigenvalue weighted by atomic mass is 10.1. The molecule has 0 spiro atoms. The van der Waals surface area contributed by atoms with Crippen LogP contribution in [-0.2, 0) is 0 Å². The molecule has 0 atom stereocenters. The molecule has 3 aromatic carbocycles. The van der Waals surface area contributed by atoms with Crippen LogP contribution in [0.15, 0.2) is 71.8 Å². The van der Waals surface area contributed by atoms with Crippen molar-refractivity contribution in [2.75, 3.05) is 6.79 Å². The number of amides is 1. The van der Waals surface area contributed by atoms with Crippen molar-refractivity contribution in [1.29, 1.82) is 0 Å². The molecule has 0 saturated heterocycles. The minimum absolute atomic E-state index is 0.0350. The van der Waals surface area contributed by atoms with E-state index < -0.39 is 22.5 Å². The second kappa shape index (κ2) is 8.96. The van der Waals surface area contributed by atoms with E-state index in [0.29, 0.717) is 17.1 Å². The summed E-state index contributed by atoms with van der Waals surface area (Å²) in [6, 6.07) is 16.9. The van der Waals surface area contributed by atoms with Crippen LogP contribution in [0.2, 0.25) is 0 Å². The molecule has 160 valence electrons. The van der Waals surface area contributed by atoms with Crippen molar-refractivity contribution >= 4 is 23.8 Å². The zero-order valence-corrected chi connectivity index (χ0v) is 16.4. The maximum absolute atomic E-state index is 12.7. The Bertz CT molecular complexity index is 1230. The van der Waals surface area contributed by atoms with Crippen LogP contribution in [0.1, 0.15) is 26.3 Å². The summed E-state index contributed by atoms with van der Waals surface area (Å²) >= 11 is 0. The normalized spacial score (nSPS) is 11.9. The molecule has 0 aliphatic carbocycles. The molecule has 1 aliphatic rings. The number of hydrogen-bond acceptors (Lipinski definition) is 8. The second-order valence-electron chi connectivity index (χ2n) is 6.48. The molecule has 0 fully saturated rings. The first-order chi connectivity index (χ1) is 15.5. The molecule has 4 rings (SSSR count). The Hall–Kier alpha value is -4.73. The van der Waals surface area contributed by atoms with Gasteiger partial charge in [-0.2, -0.15) is 5.10 Å². The van der Waals surface area contributed by atoms with Gasteiger partial charge < -0.3 is 14.2 Å². The van der Waals surface area contributed by atoms with Gasteiger partial charge in [0.25, 0.3) is 5.91 Å². The molecule has 0 saturated carbocycles. The van der Waals surface area contributed by atoms with E-state index in [1.807, 2.05) is 0 Å². The number of hydrogen-bond donors (Lipinski definition) is 1. The van der Waals surface area contributed by atoms with Crippen molar-refractivity contribution in [1.82, 2.24) is 5.43 Å². The number of nitro groups is 1. The number of fused-ring (bicyclic) bond motifs is 1. The standard InChI is InChI=1S/C22H15N3O7/c26-21(14-5-2-1-3-6-14)24-23-12-16-7-4-8-17(25(28)29)20(16)32-22(27)15-9-10-18-19(11-15)31-13-30-18/h1-12H,13H2,(H,24,26). The molecule has 10 heteroatoms. The topological polar surface area (TPSA) is 129 Å². The molecular formula is C22H15N3O7. The summed E-state index contributed by atoms with van der Waals surface area (Å²) in [5, 5.41) is 15.3. The summed E-state index contributed by atoms with van der Waals surface area (Å²) in [5.74, 6) is -0.758. The van der Waals surface area contributed by atoms with Gasteiger partial charge >= 0.3 is 11.7 Å². The van der Waals surface area contributed by atoms with Crippen molar-refractivity contribution in [3.63, 3.8) is 0 Å². The number of carbonyl (C=O) groups excluding carboxylic acids is 2. The number of hydrazone groups is 1. The Kier molecular flexibility index (Phi) is 5.75. The zero-order chi connectivity index (χ0) is 22.5. The third-order valence-corrected chi connectivity index (χ3v) is 4.43. The van der Waals surface area contributed by atoms with Crippen molar-refractivity contribution < 1.29 is 28.7 Å². The summed E-state index contributed by atoms with van der Waals surface area (Å²) < 4.78 is 15.8. The number of rotatable bonds is 6. The van der Waals surface area contributed by atoms with Crippen LogP contribution in [0.25, 0.3) is 0 Å². The van der Waals surface area contributed by atoms with E-state index in [1.165, 1.54) is 30.3 Å². The molecule has 1 amide bonds. The number of esters is 1. The Morgan fingerprint density at radius 1 is 1.00 bits per heavy atom. The quantitative estimate of drug-likeness (QED) is 0.208. The largest absolute Gasteiger partial charge is 0.454 e. The van der Waals surface area contributed by atoms with E-state index in [2.05, 4.69) is 10.5 Å². The summed E-state index contributed by atoms with van der Waals surface area (Å²) in [6.07, 6.45) is 1.16. The van der Waals surface area contributed by atoms with E-state index in [9.17, 15) is 19.7 Å². The fourth-order valence-electron chi connectivity index (χ4n) is 2.89. The average Bonchev–Trinajstić information content (AvgIpc) is 3.28. The van der Waals surface area contributed by atoms with E-state index in [4.69, 9.17) is 14.2 Å². The molecule has 32 heavy (non-hydrogen) atoms. The molecule has 3 aromatic rings. The smallest absolute Gasteiger partial charge is 0.343 e. The molecule has 0 radical (unpaired) electrons. The van der Waals surface area contributed by atoms with Gasteiger partial charge in [-0.1, -0.05) is 24.3 Å². The predicted molar refractivity (Wildman–Crippen MR) is 112 cm³/mol. The number of ether oxygens (including phenoxy) is 3. The van der Waals surface area contributed by atoms with Crippen LogP contribution in [0, 0.1) is 10.1 Å².